The van der Waals surface area contributed by atoms with Gasteiger partial charge in [0.05, 0.1) is 6.61 Å². The van der Waals surface area contributed by atoms with E-state index in [0.717, 1.165) is 64.2 Å². The number of rotatable bonds is 38. The fraction of sp³-hybridized carbons (Fsp3) is 0.750. The lowest BCUT2D eigenvalue weighted by molar-refractivity contribution is -0.297. The summed E-state index contributed by atoms with van der Waals surface area (Å²) in [5, 5.41) is 30.9. The lowest BCUT2D eigenvalue weighted by atomic mass is 10.00. The molecule has 6 atom stereocenters. The van der Waals surface area contributed by atoms with E-state index in [2.05, 4.69) is 68.5 Å². The summed E-state index contributed by atoms with van der Waals surface area (Å²) in [5.74, 6) is -2.07. The first-order chi connectivity index (χ1) is 29.5. The molecule has 0 amide bonds. The van der Waals surface area contributed by atoms with E-state index in [1.165, 1.54) is 64.2 Å². The van der Waals surface area contributed by atoms with Gasteiger partial charge in [-0.05, 0) is 77.0 Å². The van der Waals surface area contributed by atoms with Gasteiger partial charge in [-0.2, -0.15) is 8.42 Å². The van der Waals surface area contributed by atoms with Crippen LogP contribution in [0.3, 0.4) is 0 Å². The minimum Gasteiger partial charge on any atom is -0.462 e. The van der Waals surface area contributed by atoms with E-state index in [1.807, 2.05) is 6.08 Å². The van der Waals surface area contributed by atoms with Crippen LogP contribution in [0.4, 0.5) is 0 Å². The standard InChI is InChI=1S/C48H82O12S/c1-3-5-7-9-11-13-15-17-18-19-20-21-22-23-24-25-27-28-30-32-34-36-43(49)57-38-41(39-58-48-47(53)46(52)45(51)42(60-48)40-61(54,55)56)59-44(50)37-35-33-31-29-26-16-14-12-10-8-6-4-2/h12,14,18-19,21-22,24-25,28,30,41-42,45-48,51-53H,3-11,13,15-17,20,23,26-27,29,31-40H2,1-2H3,(H,54,55,56)/b14-12+,19-18+,22-21+,25-24+,30-28+/t41-,42-,45-,46?,47?,48+/m1/s1. The lowest BCUT2D eigenvalue weighted by Crippen LogP contribution is -2.60. The zero-order valence-electron chi connectivity index (χ0n) is 37.5. The highest BCUT2D eigenvalue weighted by molar-refractivity contribution is 7.85. The van der Waals surface area contributed by atoms with Gasteiger partial charge in [-0.3, -0.25) is 14.1 Å². The molecule has 2 unspecified atom stereocenters. The van der Waals surface area contributed by atoms with Crippen molar-refractivity contribution >= 4 is 22.1 Å². The minimum atomic E-state index is -4.61. The summed E-state index contributed by atoms with van der Waals surface area (Å²) < 4.78 is 54.0. The number of aliphatic hydroxyl groups excluding tert-OH is 3. The second kappa shape index (κ2) is 37.9. The van der Waals surface area contributed by atoms with Crippen LogP contribution in [0.15, 0.2) is 60.8 Å². The number of hydrogen-bond acceptors (Lipinski definition) is 11. The van der Waals surface area contributed by atoms with E-state index in [1.54, 1.807) is 0 Å². The van der Waals surface area contributed by atoms with Crippen molar-refractivity contribution in [2.45, 2.75) is 211 Å². The summed E-state index contributed by atoms with van der Waals surface area (Å²) in [6.07, 6.45) is 37.1. The second-order valence-electron chi connectivity index (χ2n) is 16.1. The molecule has 0 aromatic rings. The molecule has 1 heterocycles. The van der Waals surface area contributed by atoms with Gasteiger partial charge in [0, 0.05) is 12.8 Å². The molecular weight excluding hydrogens is 801 g/mol. The summed E-state index contributed by atoms with van der Waals surface area (Å²) in [7, 11) is -4.61. The molecule has 1 aliphatic rings. The second-order valence-corrected chi connectivity index (χ2v) is 17.6. The average molecular weight is 883 g/mol. The van der Waals surface area contributed by atoms with Crippen molar-refractivity contribution in [2.24, 2.45) is 0 Å². The zero-order valence-corrected chi connectivity index (χ0v) is 38.3. The van der Waals surface area contributed by atoms with E-state index in [-0.39, 0.29) is 19.4 Å². The summed E-state index contributed by atoms with van der Waals surface area (Å²) in [6.45, 7) is 3.67. The Balaban J connectivity index is 2.46. The molecule has 1 fully saturated rings. The van der Waals surface area contributed by atoms with E-state index in [0.29, 0.717) is 19.3 Å². The normalized spacial score (nSPS) is 20.5. The molecule has 0 aliphatic carbocycles. The smallest absolute Gasteiger partial charge is 0.306 e. The van der Waals surface area contributed by atoms with Gasteiger partial charge in [0.2, 0.25) is 0 Å². The predicted octanol–water partition coefficient (Wildman–Crippen LogP) is 9.73. The average Bonchev–Trinajstić information content (AvgIpc) is 3.22. The number of aliphatic hydroxyl groups is 3. The van der Waals surface area contributed by atoms with Gasteiger partial charge in [0.15, 0.2) is 12.4 Å². The number of ether oxygens (including phenoxy) is 4. The number of hydrogen-bond donors (Lipinski definition) is 4. The molecule has 0 bridgehead atoms. The maximum absolute atomic E-state index is 12.8. The highest BCUT2D eigenvalue weighted by Gasteiger charge is 2.46. The van der Waals surface area contributed by atoms with E-state index in [9.17, 15) is 37.9 Å². The van der Waals surface area contributed by atoms with Gasteiger partial charge in [-0.1, -0.05) is 145 Å². The Bertz CT molecular complexity index is 1360. The van der Waals surface area contributed by atoms with Crippen LogP contribution in [0.2, 0.25) is 0 Å². The highest BCUT2D eigenvalue weighted by atomic mass is 32.2. The molecule has 1 rings (SSSR count). The van der Waals surface area contributed by atoms with Crippen molar-refractivity contribution in [3.63, 3.8) is 0 Å². The number of unbranched alkanes of at least 4 members (excludes halogenated alkanes) is 16. The van der Waals surface area contributed by atoms with Gasteiger partial charge in [-0.25, -0.2) is 0 Å². The molecule has 0 saturated carbocycles. The quantitative estimate of drug-likeness (QED) is 0.0199. The first kappa shape index (κ1) is 56.4. The summed E-state index contributed by atoms with van der Waals surface area (Å²) in [4.78, 5) is 25.4. The molecule has 12 nitrogen and oxygen atoms in total. The Morgan fingerprint density at radius 2 is 1.00 bits per heavy atom. The van der Waals surface area contributed by atoms with Gasteiger partial charge in [-0.15, -0.1) is 0 Å². The zero-order chi connectivity index (χ0) is 44.8. The van der Waals surface area contributed by atoms with Crippen molar-refractivity contribution in [1.29, 1.82) is 0 Å². The van der Waals surface area contributed by atoms with Crippen molar-refractivity contribution < 1.29 is 56.8 Å². The molecule has 0 aromatic carbocycles. The first-order valence-electron chi connectivity index (χ1n) is 23.3. The Morgan fingerprint density at radius 3 is 1.56 bits per heavy atom. The SMILES string of the molecule is CCCCC/C=C/CCCCCCCC(=O)O[C@H](COC(=O)CCC/C=C/C/C=C/C/C=C/C/C=C/CCCCCCCCC)CO[C@H]1O[C@H](CS(=O)(=O)O)[C@@H](O)C(O)C1O. The van der Waals surface area contributed by atoms with Gasteiger partial charge < -0.3 is 34.3 Å². The molecule has 0 spiro atoms. The number of carbonyl (C=O) groups excluding carboxylic acids is 2. The summed E-state index contributed by atoms with van der Waals surface area (Å²) >= 11 is 0. The molecule has 1 aliphatic heterocycles. The van der Waals surface area contributed by atoms with E-state index < -0.39 is 71.2 Å². The number of carbonyl (C=O) groups is 2. The van der Waals surface area contributed by atoms with Gasteiger partial charge in [0.1, 0.15) is 36.8 Å². The first-order valence-corrected chi connectivity index (χ1v) is 25.0. The molecule has 4 N–H and O–H groups in total. The Kier molecular flexibility index (Phi) is 35.0. The van der Waals surface area contributed by atoms with Gasteiger partial charge in [0.25, 0.3) is 10.1 Å². The maximum atomic E-state index is 12.8. The largest absolute Gasteiger partial charge is 0.462 e. The molecular formula is C48H82O12S. The van der Waals surface area contributed by atoms with Crippen LogP contribution < -0.4 is 0 Å². The molecule has 352 valence electrons. The lowest BCUT2D eigenvalue weighted by Gasteiger charge is -2.40. The van der Waals surface area contributed by atoms with Crippen molar-refractivity contribution in [3.05, 3.63) is 60.8 Å². The fourth-order valence-electron chi connectivity index (χ4n) is 6.66. The molecule has 1 saturated heterocycles. The summed E-state index contributed by atoms with van der Waals surface area (Å²) in [5.41, 5.74) is 0. The molecule has 0 radical (unpaired) electrons. The van der Waals surface area contributed by atoms with Crippen molar-refractivity contribution in [3.8, 4) is 0 Å². The number of esters is 2. The third kappa shape index (κ3) is 32.7. The Hall–Kier alpha value is -2.65. The Morgan fingerprint density at radius 1 is 0.557 bits per heavy atom. The third-order valence-corrected chi connectivity index (χ3v) is 11.1. The molecule has 0 aromatic heterocycles. The minimum absolute atomic E-state index is 0.139. The summed E-state index contributed by atoms with van der Waals surface area (Å²) in [6, 6.07) is 0. The Labute approximate surface area is 368 Å². The van der Waals surface area contributed by atoms with Crippen LogP contribution >= 0.6 is 0 Å². The van der Waals surface area contributed by atoms with Crippen molar-refractivity contribution in [2.75, 3.05) is 19.0 Å². The van der Waals surface area contributed by atoms with Crippen LogP contribution in [0.5, 0.6) is 0 Å². The van der Waals surface area contributed by atoms with Crippen LogP contribution in [-0.4, -0.2) is 96.0 Å². The van der Waals surface area contributed by atoms with Crippen LogP contribution in [-0.2, 0) is 38.7 Å². The van der Waals surface area contributed by atoms with Crippen LogP contribution in [0.25, 0.3) is 0 Å². The molecule has 61 heavy (non-hydrogen) atoms. The topological polar surface area (TPSA) is 186 Å². The highest BCUT2D eigenvalue weighted by Crippen LogP contribution is 2.24. The van der Waals surface area contributed by atoms with Gasteiger partial charge >= 0.3 is 11.9 Å². The maximum Gasteiger partial charge on any atom is 0.306 e. The monoisotopic (exact) mass is 883 g/mol. The fourth-order valence-corrected chi connectivity index (χ4v) is 7.35. The predicted molar refractivity (Wildman–Crippen MR) is 242 cm³/mol. The van der Waals surface area contributed by atoms with E-state index in [4.69, 9.17) is 18.9 Å². The van der Waals surface area contributed by atoms with Crippen LogP contribution in [0, 0.1) is 0 Å². The number of allylic oxidation sites excluding steroid dienone is 10. The van der Waals surface area contributed by atoms with Crippen LogP contribution in [0.1, 0.15) is 174 Å². The molecule has 13 heteroatoms. The van der Waals surface area contributed by atoms with Crippen molar-refractivity contribution in [1.82, 2.24) is 0 Å². The van der Waals surface area contributed by atoms with E-state index >= 15 is 0 Å². The third-order valence-electron chi connectivity index (χ3n) is 10.3.